The van der Waals surface area contributed by atoms with Crippen molar-refractivity contribution < 1.29 is 24.0 Å². The summed E-state index contributed by atoms with van der Waals surface area (Å²) in [5.74, 6) is -1.11. The van der Waals surface area contributed by atoms with Crippen LogP contribution in [0.5, 0.6) is 5.75 Å². The van der Waals surface area contributed by atoms with E-state index in [2.05, 4.69) is 5.32 Å². The lowest BCUT2D eigenvalue weighted by Crippen LogP contribution is -2.21. The molecule has 0 aliphatic carbocycles. The van der Waals surface area contributed by atoms with Crippen LogP contribution in [0.25, 0.3) is 0 Å². The largest absolute Gasteiger partial charge is 0.495 e. The van der Waals surface area contributed by atoms with E-state index in [4.69, 9.17) is 21.1 Å². The number of nitro groups is 1. The number of esters is 1. The van der Waals surface area contributed by atoms with Gasteiger partial charge in [0.1, 0.15) is 10.6 Å². The maximum atomic E-state index is 11.9. The highest BCUT2D eigenvalue weighted by Crippen LogP contribution is 2.28. The van der Waals surface area contributed by atoms with Crippen LogP contribution in [-0.2, 0) is 9.53 Å². The topological polar surface area (TPSA) is 108 Å². The molecule has 1 aromatic heterocycles. The molecule has 0 unspecified atom stereocenters. The van der Waals surface area contributed by atoms with Crippen molar-refractivity contribution in [1.82, 2.24) is 0 Å². The number of carbonyl (C=O) groups excluding carboxylic acids is 2. The highest BCUT2D eigenvalue weighted by Gasteiger charge is 2.16. The Morgan fingerprint density at radius 3 is 2.67 bits per heavy atom. The van der Waals surface area contributed by atoms with E-state index in [0.29, 0.717) is 4.34 Å². The van der Waals surface area contributed by atoms with E-state index in [1.54, 1.807) is 0 Å². The standard InChI is InChI=1S/C14H11ClN2O6S/c1-22-10-3-2-8(17(20)21)6-9(10)16-13(18)7-23-14(19)11-4-5-12(15)24-11/h2-6H,7H2,1H3,(H,16,18). The summed E-state index contributed by atoms with van der Waals surface area (Å²) in [6, 6.07) is 6.77. The number of thiophene rings is 1. The number of anilines is 1. The molecule has 0 aliphatic rings. The number of nitro benzene ring substituents is 1. The number of amides is 1. The van der Waals surface area contributed by atoms with Crippen LogP contribution in [0.15, 0.2) is 30.3 Å². The van der Waals surface area contributed by atoms with Crippen molar-refractivity contribution in [3.8, 4) is 5.75 Å². The molecule has 1 N–H and O–H groups in total. The van der Waals surface area contributed by atoms with E-state index in [0.717, 1.165) is 17.4 Å². The summed E-state index contributed by atoms with van der Waals surface area (Å²) >= 11 is 6.74. The van der Waals surface area contributed by atoms with Gasteiger partial charge in [0.05, 0.1) is 22.1 Å². The van der Waals surface area contributed by atoms with E-state index in [1.807, 2.05) is 0 Å². The summed E-state index contributed by atoms with van der Waals surface area (Å²) < 4.78 is 10.3. The van der Waals surface area contributed by atoms with Gasteiger partial charge in [0, 0.05) is 12.1 Å². The average molecular weight is 371 g/mol. The molecule has 0 aliphatic heterocycles. The first kappa shape index (κ1) is 17.7. The first-order valence-electron chi connectivity index (χ1n) is 6.45. The van der Waals surface area contributed by atoms with E-state index >= 15 is 0 Å². The second-order valence-corrected chi connectivity index (χ2v) is 6.08. The molecule has 2 rings (SSSR count). The van der Waals surface area contributed by atoms with Gasteiger partial charge in [-0.3, -0.25) is 14.9 Å². The Kier molecular flexibility index (Phi) is 5.72. The number of carbonyl (C=O) groups is 2. The molecule has 0 spiro atoms. The summed E-state index contributed by atoms with van der Waals surface area (Å²) in [6.45, 7) is -0.555. The van der Waals surface area contributed by atoms with Gasteiger partial charge in [-0.15, -0.1) is 11.3 Å². The third kappa shape index (κ3) is 4.43. The second kappa shape index (κ2) is 7.75. The predicted molar refractivity (Wildman–Crippen MR) is 87.9 cm³/mol. The zero-order chi connectivity index (χ0) is 17.7. The molecule has 10 heteroatoms. The quantitative estimate of drug-likeness (QED) is 0.475. The summed E-state index contributed by atoms with van der Waals surface area (Å²) in [5.41, 5.74) is -0.108. The molecule has 0 saturated heterocycles. The maximum Gasteiger partial charge on any atom is 0.348 e. The molecule has 0 saturated carbocycles. The minimum absolute atomic E-state index is 0.104. The molecule has 24 heavy (non-hydrogen) atoms. The molecule has 126 valence electrons. The Morgan fingerprint density at radius 2 is 2.08 bits per heavy atom. The highest BCUT2D eigenvalue weighted by molar-refractivity contribution is 7.17. The summed E-state index contributed by atoms with van der Waals surface area (Å²) in [6.07, 6.45) is 0. The fraction of sp³-hybridized carbons (Fsp3) is 0.143. The number of benzene rings is 1. The van der Waals surface area contributed by atoms with Crippen LogP contribution in [0.3, 0.4) is 0 Å². The highest BCUT2D eigenvalue weighted by atomic mass is 35.5. The average Bonchev–Trinajstić information content (AvgIpc) is 2.99. The van der Waals surface area contributed by atoms with Crippen molar-refractivity contribution in [3.05, 3.63) is 49.7 Å². The van der Waals surface area contributed by atoms with Crippen LogP contribution < -0.4 is 10.1 Å². The Morgan fingerprint density at radius 1 is 1.33 bits per heavy atom. The fourth-order valence-electron chi connectivity index (χ4n) is 1.72. The summed E-state index contributed by atoms with van der Waals surface area (Å²) in [5, 5.41) is 13.2. The lowest BCUT2D eigenvalue weighted by Gasteiger charge is -2.10. The smallest absolute Gasteiger partial charge is 0.348 e. The molecular weight excluding hydrogens is 360 g/mol. The lowest BCUT2D eigenvalue weighted by molar-refractivity contribution is -0.384. The molecule has 2 aromatic rings. The third-order valence-corrected chi connectivity index (χ3v) is 3.99. The van der Waals surface area contributed by atoms with E-state index in [1.165, 1.54) is 31.4 Å². The number of methoxy groups -OCH3 is 1. The number of hydrogen-bond acceptors (Lipinski definition) is 7. The fourth-order valence-corrected chi connectivity index (χ4v) is 2.66. The molecule has 1 heterocycles. The number of halogens is 1. The zero-order valence-corrected chi connectivity index (χ0v) is 13.8. The number of ether oxygens (including phenoxy) is 2. The molecule has 0 atom stereocenters. The van der Waals surface area contributed by atoms with Crippen molar-refractivity contribution in [2.75, 3.05) is 19.0 Å². The van der Waals surface area contributed by atoms with Gasteiger partial charge < -0.3 is 14.8 Å². The molecular formula is C14H11ClN2O6S. The van der Waals surface area contributed by atoms with Gasteiger partial charge in [-0.1, -0.05) is 11.6 Å². The second-order valence-electron chi connectivity index (χ2n) is 4.37. The first-order valence-corrected chi connectivity index (χ1v) is 7.65. The van der Waals surface area contributed by atoms with Crippen LogP contribution in [0.4, 0.5) is 11.4 Å². The lowest BCUT2D eigenvalue weighted by atomic mass is 10.2. The molecule has 1 amide bonds. The zero-order valence-electron chi connectivity index (χ0n) is 12.3. The van der Waals surface area contributed by atoms with Crippen molar-refractivity contribution in [1.29, 1.82) is 0 Å². The van der Waals surface area contributed by atoms with Crippen LogP contribution >= 0.6 is 22.9 Å². The van der Waals surface area contributed by atoms with Gasteiger partial charge >= 0.3 is 5.97 Å². The van der Waals surface area contributed by atoms with Gasteiger partial charge in [0.15, 0.2) is 6.61 Å². The SMILES string of the molecule is COc1ccc([N+](=O)[O-])cc1NC(=O)COC(=O)c1ccc(Cl)s1. The van der Waals surface area contributed by atoms with Crippen LogP contribution in [-0.4, -0.2) is 30.5 Å². The van der Waals surface area contributed by atoms with Crippen molar-refractivity contribution in [3.63, 3.8) is 0 Å². The van der Waals surface area contributed by atoms with Gasteiger partial charge in [-0.25, -0.2) is 4.79 Å². The van der Waals surface area contributed by atoms with Crippen molar-refractivity contribution in [2.24, 2.45) is 0 Å². The van der Waals surface area contributed by atoms with Gasteiger partial charge in [0.25, 0.3) is 11.6 Å². The Hall–Kier alpha value is -2.65. The third-order valence-electron chi connectivity index (χ3n) is 2.78. The maximum absolute atomic E-state index is 11.9. The number of nitrogens with one attached hydrogen (secondary N) is 1. The molecule has 8 nitrogen and oxygen atoms in total. The van der Waals surface area contributed by atoms with Crippen molar-refractivity contribution >= 4 is 46.2 Å². The number of nitrogens with zero attached hydrogens (tertiary/aromatic N) is 1. The normalized spacial score (nSPS) is 10.1. The number of rotatable bonds is 6. The van der Waals surface area contributed by atoms with E-state index < -0.39 is 23.4 Å². The van der Waals surface area contributed by atoms with Gasteiger partial charge in [-0.2, -0.15) is 0 Å². The summed E-state index contributed by atoms with van der Waals surface area (Å²) in [7, 11) is 1.36. The summed E-state index contributed by atoms with van der Waals surface area (Å²) in [4.78, 5) is 34.0. The van der Waals surface area contributed by atoms with Crippen LogP contribution in [0, 0.1) is 10.1 Å². The first-order chi connectivity index (χ1) is 11.4. The van der Waals surface area contributed by atoms with Gasteiger partial charge in [-0.05, 0) is 18.2 Å². The van der Waals surface area contributed by atoms with Crippen molar-refractivity contribution in [2.45, 2.75) is 0 Å². The van der Waals surface area contributed by atoms with Crippen LogP contribution in [0.1, 0.15) is 9.67 Å². The number of hydrogen-bond donors (Lipinski definition) is 1. The molecule has 1 aromatic carbocycles. The van der Waals surface area contributed by atoms with E-state index in [-0.39, 0.29) is 22.0 Å². The predicted octanol–water partition coefficient (Wildman–Crippen LogP) is 3.11. The number of non-ortho nitro benzene ring substituents is 1. The monoisotopic (exact) mass is 370 g/mol. The van der Waals surface area contributed by atoms with Gasteiger partial charge in [0.2, 0.25) is 0 Å². The minimum atomic E-state index is -0.687. The molecule has 0 bridgehead atoms. The Balaban J connectivity index is 2.00. The minimum Gasteiger partial charge on any atom is -0.495 e. The Labute approximate surface area is 145 Å². The Bertz CT molecular complexity index is 791. The molecule has 0 fully saturated rings. The van der Waals surface area contributed by atoms with E-state index in [9.17, 15) is 19.7 Å². The molecule has 0 radical (unpaired) electrons. The van der Waals surface area contributed by atoms with Crippen LogP contribution in [0.2, 0.25) is 4.34 Å².